The third-order valence-electron chi connectivity index (χ3n) is 3.26. The first kappa shape index (κ1) is 13.8. The predicted molar refractivity (Wildman–Crippen MR) is 80.6 cm³/mol. The minimum Gasteiger partial charge on any atom is -0.497 e. The van der Waals surface area contributed by atoms with Crippen LogP contribution in [0.2, 0.25) is 0 Å². The van der Waals surface area contributed by atoms with Crippen LogP contribution in [0.5, 0.6) is 5.75 Å². The zero-order valence-electron chi connectivity index (χ0n) is 11.7. The molecule has 1 aromatic heterocycles. The maximum absolute atomic E-state index is 10.7. The fourth-order valence-corrected chi connectivity index (χ4v) is 2.06. The molecule has 3 aromatic rings. The van der Waals surface area contributed by atoms with Crippen LogP contribution in [0.25, 0.3) is 22.6 Å². The van der Waals surface area contributed by atoms with Crippen molar-refractivity contribution < 1.29 is 14.2 Å². The summed E-state index contributed by atoms with van der Waals surface area (Å²) >= 11 is 0. The quantitative estimate of drug-likeness (QED) is 0.538. The Kier molecular flexibility index (Phi) is 3.57. The number of benzene rings is 2. The Labute approximate surface area is 126 Å². The van der Waals surface area contributed by atoms with Crippen molar-refractivity contribution in [1.82, 2.24) is 5.16 Å². The van der Waals surface area contributed by atoms with E-state index in [1.807, 2.05) is 24.3 Å². The van der Waals surface area contributed by atoms with Gasteiger partial charge in [0.15, 0.2) is 5.76 Å². The van der Waals surface area contributed by atoms with Gasteiger partial charge in [0.05, 0.1) is 12.0 Å². The smallest absolute Gasteiger partial charge is 0.269 e. The van der Waals surface area contributed by atoms with Crippen LogP contribution in [0.4, 0.5) is 5.69 Å². The molecular weight excluding hydrogens is 284 g/mol. The molecule has 0 amide bonds. The van der Waals surface area contributed by atoms with Crippen LogP contribution in [0.15, 0.2) is 59.1 Å². The van der Waals surface area contributed by atoms with Crippen molar-refractivity contribution in [2.75, 3.05) is 7.11 Å². The van der Waals surface area contributed by atoms with Gasteiger partial charge in [-0.25, -0.2) is 0 Å². The molecule has 0 bridgehead atoms. The van der Waals surface area contributed by atoms with Crippen LogP contribution in [-0.4, -0.2) is 17.2 Å². The Morgan fingerprint density at radius 3 is 2.27 bits per heavy atom. The number of aromatic nitrogens is 1. The first-order valence-electron chi connectivity index (χ1n) is 6.53. The first-order valence-corrected chi connectivity index (χ1v) is 6.53. The number of non-ortho nitro benzene ring substituents is 1. The highest BCUT2D eigenvalue weighted by Gasteiger charge is 2.10. The highest BCUT2D eigenvalue weighted by atomic mass is 16.6. The summed E-state index contributed by atoms with van der Waals surface area (Å²) in [5.41, 5.74) is 2.30. The maximum Gasteiger partial charge on any atom is 0.269 e. The molecule has 0 saturated heterocycles. The summed E-state index contributed by atoms with van der Waals surface area (Å²) in [4.78, 5) is 10.2. The van der Waals surface area contributed by atoms with Gasteiger partial charge < -0.3 is 9.26 Å². The van der Waals surface area contributed by atoms with Crippen LogP contribution in [0.3, 0.4) is 0 Å². The zero-order valence-corrected chi connectivity index (χ0v) is 11.7. The average Bonchev–Trinajstić information content (AvgIpc) is 3.05. The van der Waals surface area contributed by atoms with Gasteiger partial charge in [-0.05, 0) is 36.4 Å². The van der Waals surface area contributed by atoms with Gasteiger partial charge in [-0.3, -0.25) is 10.1 Å². The maximum atomic E-state index is 10.7. The Morgan fingerprint density at radius 1 is 1.05 bits per heavy atom. The number of ether oxygens (including phenoxy) is 1. The van der Waals surface area contributed by atoms with Crippen LogP contribution in [0.1, 0.15) is 0 Å². The highest BCUT2D eigenvalue weighted by Crippen LogP contribution is 2.28. The molecule has 0 aliphatic heterocycles. The standard InChI is InChI=1S/C16H12N2O4/c1-21-14-8-4-12(5-9-14)16-10-15(17-22-16)11-2-6-13(7-3-11)18(19)20/h2-10H,1H3. The summed E-state index contributed by atoms with van der Waals surface area (Å²) < 4.78 is 10.4. The number of hydrogen-bond donors (Lipinski definition) is 0. The molecule has 0 spiro atoms. The van der Waals surface area contributed by atoms with Crippen LogP contribution < -0.4 is 4.74 Å². The average molecular weight is 296 g/mol. The lowest BCUT2D eigenvalue weighted by molar-refractivity contribution is -0.384. The molecule has 3 rings (SSSR count). The van der Waals surface area contributed by atoms with Crippen LogP contribution >= 0.6 is 0 Å². The van der Waals surface area contributed by atoms with E-state index in [0.717, 1.165) is 16.9 Å². The summed E-state index contributed by atoms with van der Waals surface area (Å²) in [6, 6.07) is 15.4. The van der Waals surface area contributed by atoms with Crippen molar-refractivity contribution in [3.63, 3.8) is 0 Å². The molecule has 0 fully saturated rings. The Bertz CT molecular complexity index is 792. The van der Waals surface area contributed by atoms with Crippen molar-refractivity contribution in [3.8, 4) is 28.3 Å². The van der Waals surface area contributed by atoms with E-state index in [9.17, 15) is 10.1 Å². The normalized spacial score (nSPS) is 10.4. The molecule has 6 nitrogen and oxygen atoms in total. The van der Waals surface area contributed by atoms with Gasteiger partial charge >= 0.3 is 0 Å². The van der Waals surface area contributed by atoms with E-state index < -0.39 is 4.92 Å². The van der Waals surface area contributed by atoms with E-state index in [1.54, 1.807) is 25.3 Å². The monoisotopic (exact) mass is 296 g/mol. The molecule has 0 aliphatic carbocycles. The van der Waals surface area contributed by atoms with Crippen molar-refractivity contribution in [1.29, 1.82) is 0 Å². The number of hydrogen-bond acceptors (Lipinski definition) is 5. The molecule has 0 radical (unpaired) electrons. The second-order valence-corrected chi connectivity index (χ2v) is 4.61. The van der Waals surface area contributed by atoms with E-state index in [4.69, 9.17) is 9.26 Å². The molecule has 6 heteroatoms. The SMILES string of the molecule is COc1ccc(-c2cc(-c3ccc([N+](=O)[O-])cc3)no2)cc1. The third-order valence-corrected chi connectivity index (χ3v) is 3.26. The third kappa shape index (κ3) is 2.67. The zero-order chi connectivity index (χ0) is 15.5. The Balaban J connectivity index is 1.87. The second-order valence-electron chi connectivity index (χ2n) is 4.61. The molecule has 0 saturated carbocycles. The second kappa shape index (κ2) is 5.69. The number of methoxy groups -OCH3 is 1. The van der Waals surface area contributed by atoms with Gasteiger partial charge in [-0.2, -0.15) is 0 Å². The first-order chi connectivity index (χ1) is 10.7. The molecule has 0 N–H and O–H groups in total. The lowest BCUT2D eigenvalue weighted by Gasteiger charge is -1.99. The van der Waals surface area contributed by atoms with Crippen molar-refractivity contribution >= 4 is 5.69 Å². The fourth-order valence-electron chi connectivity index (χ4n) is 2.06. The highest BCUT2D eigenvalue weighted by molar-refractivity contribution is 5.67. The van der Waals surface area contributed by atoms with Gasteiger partial charge in [0, 0.05) is 29.3 Å². The number of rotatable bonds is 4. The molecular formula is C16H12N2O4. The predicted octanol–water partition coefficient (Wildman–Crippen LogP) is 3.93. The number of nitro benzene ring substituents is 1. The molecule has 22 heavy (non-hydrogen) atoms. The van der Waals surface area contributed by atoms with Gasteiger partial charge in [-0.1, -0.05) is 5.16 Å². The van der Waals surface area contributed by atoms with Crippen molar-refractivity contribution in [3.05, 3.63) is 64.7 Å². The number of nitrogens with zero attached hydrogens (tertiary/aromatic N) is 2. The molecule has 0 unspecified atom stereocenters. The topological polar surface area (TPSA) is 78.4 Å². The van der Waals surface area contributed by atoms with Crippen molar-refractivity contribution in [2.45, 2.75) is 0 Å². The molecule has 0 atom stereocenters. The lowest BCUT2D eigenvalue weighted by atomic mass is 10.1. The lowest BCUT2D eigenvalue weighted by Crippen LogP contribution is -1.87. The number of nitro groups is 1. The minimum absolute atomic E-state index is 0.0441. The van der Waals surface area contributed by atoms with Gasteiger partial charge in [0.1, 0.15) is 11.4 Å². The molecule has 1 heterocycles. The van der Waals surface area contributed by atoms with E-state index in [1.165, 1.54) is 12.1 Å². The Morgan fingerprint density at radius 2 is 1.68 bits per heavy atom. The summed E-state index contributed by atoms with van der Waals surface area (Å²) in [7, 11) is 1.61. The largest absolute Gasteiger partial charge is 0.497 e. The summed E-state index contributed by atoms with van der Waals surface area (Å²) in [5.74, 6) is 1.38. The van der Waals surface area contributed by atoms with E-state index >= 15 is 0 Å². The molecule has 2 aromatic carbocycles. The van der Waals surface area contributed by atoms with Crippen molar-refractivity contribution in [2.24, 2.45) is 0 Å². The summed E-state index contributed by atoms with van der Waals surface area (Å²) in [6.45, 7) is 0. The van der Waals surface area contributed by atoms with Gasteiger partial charge in [0.25, 0.3) is 5.69 Å². The van der Waals surface area contributed by atoms with Gasteiger partial charge in [-0.15, -0.1) is 0 Å². The Hall–Kier alpha value is -3.15. The summed E-state index contributed by atoms with van der Waals surface area (Å²) in [6.07, 6.45) is 0. The van der Waals surface area contributed by atoms with E-state index in [-0.39, 0.29) is 5.69 Å². The molecule has 0 aliphatic rings. The summed E-state index contributed by atoms with van der Waals surface area (Å²) in [5, 5.41) is 14.7. The molecule has 110 valence electrons. The van der Waals surface area contributed by atoms with E-state index in [2.05, 4.69) is 5.16 Å². The van der Waals surface area contributed by atoms with Crippen LogP contribution in [0, 0.1) is 10.1 Å². The van der Waals surface area contributed by atoms with E-state index in [0.29, 0.717) is 11.5 Å². The fraction of sp³-hybridized carbons (Fsp3) is 0.0625. The van der Waals surface area contributed by atoms with Crippen LogP contribution in [-0.2, 0) is 0 Å². The minimum atomic E-state index is -0.435. The van der Waals surface area contributed by atoms with Gasteiger partial charge in [0.2, 0.25) is 0 Å².